The third kappa shape index (κ3) is 2.28. The first-order valence-electron chi connectivity index (χ1n) is 5.51. The molecule has 0 aromatic heterocycles. The molecular weight excluding hydrogens is 172 g/mol. The van der Waals surface area contributed by atoms with Gasteiger partial charge in [-0.05, 0) is 30.0 Å². The maximum absolute atomic E-state index is 5.14. The van der Waals surface area contributed by atoms with E-state index < -0.39 is 0 Å². The molecule has 0 atom stereocenters. The van der Waals surface area contributed by atoms with Gasteiger partial charge in [0.1, 0.15) is 5.75 Å². The van der Waals surface area contributed by atoms with Crippen LogP contribution in [0.15, 0.2) is 24.3 Å². The molecule has 1 nitrogen and oxygen atoms in total. The number of hydrogen-bond acceptors (Lipinski definition) is 1. The van der Waals surface area contributed by atoms with Crippen LogP contribution >= 0.6 is 0 Å². The summed E-state index contributed by atoms with van der Waals surface area (Å²) in [6.45, 7) is 0. The Hall–Kier alpha value is -0.980. The number of ether oxygens (including phenoxy) is 1. The zero-order valence-corrected chi connectivity index (χ0v) is 8.83. The van der Waals surface area contributed by atoms with E-state index >= 15 is 0 Å². The van der Waals surface area contributed by atoms with Crippen LogP contribution in [0, 0.1) is 5.92 Å². The van der Waals surface area contributed by atoms with Crippen LogP contribution in [-0.4, -0.2) is 7.11 Å². The van der Waals surface area contributed by atoms with Gasteiger partial charge in [0.15, 0.2) is 0 Å². The zero-order valence-electron chi connectivity index (χ0n) is 8.83. The van der Waals surface area contributed by atoms with Crippen LogP contribution in [0.3, 0.4) is 0 Å². The minimum absolute atomic E-state index is 0.934. The van der Waals surface area contributed by atoms with Crippen LogP contribution in [0.2, 0.25) is 0 Å². The van der Waals surface area contributed by atoms with Crippen molar-refractivity contribution in [2.75, 3.05) is 7.11 Å². The molecule has 0 saturated heterocycles. The first kappa shape index (κ1) is 9.57. The van der Waals surface area contributed by atoms with Gasteiger partial charge in [-0.3, -0.25) is 0 Å². The lowest BCUT2D eigenvalue weighted by Crippen LogP contribution is -1.98. The molecule has 1 aromatic rings. The highest BCUT2D eigenvalue weighted by Crippen LogP contribution is 2.28. The standard InChI is InChI=1S/C13H18O/c1-14-13-8-6-12(7-9-13)10-11-4-2-3-5-11/h6-9,11H,2-5,10H2,1H3. The molecule has 0 bridgehead atoms. The Bertz CT molecular complexity index is 270. The second-order valence-electron chi connectivity index (χ2n) is 4.20. The topological polar surface area (TPSA) is 9.23 Å². The van der Waals surface area contributed by atoms with Crippen molar-refractivity contribution in [2.45, 2.75) is 32.1 Å². The molecule has 1 fully saturated rings. The fourth-order valence-electron chi connectivity index (χ4n) is 2.31. The van der Waals surface area contributed by atoms with Gasteiger partial charge in [0.25, 0.3) is 0 Å². The number of methoxy groups -OCH3 is 1. The lowest BCUT2D eigenvalue weighted by molar-refractivity contribution is 0.414. The van der Waals surface area contributed by atoms with Gasteiger partial charge in [0, 0.05) is 0 Å². The summed E-state index contributed by atoms with van der Waals surface area (Å²) in [5.74, 6) is 1.89. The summed E-state index contributed by atoms with van der Waals surface area (Å²) < 4.78 is 5.14. The van der Waals surface area contributed by atoms with Gasteiger partial charge < -0.3 is 4.74 Å². The average Bonchev–Trinajstić information content (AvgIpc) is 2.72. The Morgan fingerprint density at radius 1 is 1.14 bits per heavy atom. The lowest BCUT2D eigenvalue weighted by atomic mass is 9.98. The third-order valence-electron chi connectivity index (χ3n) is 3.16. The monoisotopic (exact) mass is 190 g/mol. The quantitative estimate of drug-likeness (QED) is 0.709. The highest BCUT2D eigenvalue weighted by Gasteiger charge is 2.14. The SMILES string of the molecule is COc1ccc(CC2CCCC2)cc1. The first-order valence-corrected chi connectivity index (χ1v) is 5.51. The summed E-state index contributed by atoms with van der Waals surface area (Å²) in [7, 11) is 1.71. The fourth-order valence-corrected chi connectivity index (χ4v) is 2.31. The molecule has 0 radical (unpaired) electrons. The Morgan fingerprint density at radius 3 is 2.36 bits per heavy atom. The second-order valence-corrected chi connectivity index (χ2v) is 4.20. The summed E-state index contributed by atoms with van der Waals surface area (Å²) >= 11 is 0. The van der Waals surface area contributed by atoms with Crippen LogP contribution in [0.1, 0.15) is 31.2 Å². The second kappa shape index (κ2) is 4.50. The molecule has 1 saturated carbocycles. The van der Waals surface area contributed by atoms with Gasteiger partial charge in [-0.15, -0.1) is 0 Å². The van der Waals surface area contributed by atoms with Crippen molar-refractivity contribution in [1.29, 1.82) is 0 Å². The van der Waals surface area contributed by atoms with Crippen LogP contribution in [0.25, 0.3) is 0 Å². The molecule has 0 aliphatic heterocycles. The average molecular weight is 190 g/mol. The van der Waals surface area contributed by atoms with Crippen molar-refractivity contribution in [3.05, 3.63) is 29.8 Å². The Kier molecular flexibility index (Phi) is 3.07. The molecule has 1 aliphatic rings. The smallest absolute Gasteiger partial charge is 0.118 e. The minimum atomic E-state index is 0.934. The molecule has 2 rings (SSSR count). The van der Waals surface area contributed by atoms with Gasteiger partial charge in [-0.1, -0.05) is 37.8 Å². The van der Waals surface area contributed by atoms with Crippen LogP contribution in [-0.2, 0) is 6.42 Å². The molecule has 1 aromatic carbocycles. The molecule has 0 N–H and O–H groups in total. The largest absolute Gasteiger partial charge is 0.497 e. The summed E-state index contributed by atoms with van der Waals surface area (Å²) in [4.78, 5) is 0. The highest BCUT2D eigenvalue weighted by atomic mass is 16.5. The van der Waals surface area contributed by atoms with Crippen LogP contribution in [0.4, 0.5) is 0 Å². The molecule has 0 unspecified atom stereocenters. The van der Waals surface area contributed by atoms with E-state index in [0.717, 1.165) is 11.7 Å². The van der Waals surface area contributed by atoms with E-state index in [0.29, 0.717) is 0 Å². The summed E-state index contributed by atoms with van der Waals surface area (Å²) in [6.07, 6.45) is 6.96. The van der Waals surface area contributed by atoms with Crippen LogP contribution in [0.5, 0.6) is 5.75 Å². The van der Waals surface area contributed by atoms with E-state index in [2.05, 4.69) is 24.3 Å². The Labute approximate surface area is 86.1 Å². The van der Waals surface area contributed by atoms with Crippen molar-refractivity contribution in [1.82, 2.24) is 0 Å². The normalized spacial score (nSPS) is 17.2. The molecule has 0 amide bonds. The predicted molar refractivity (Wildman–Crippen MR) is 58.7 cm³/mol. The van der Waals surface area contributed by atoms with Crippen molar-refractivity contribution < 1.29 is 4.74 Å². The number of hydrogen-bond donors (Lipinski definition) is 0. The van der Waals surface area contributed by atoms with E-state index in [9.17, 15) is 0 Å². The maximum Gasteiger partial charge on any atom is 0.118 e. The van der Waals surface area contributed by atoms with Crippen LogP contribution < -0.4 is 4.74 Å². The van der Waals surface area contributed by atoms with Gasteiger partial charge in [-0.2, -0.15) is 0 Å². The number of benzene rings is 1. The highest BCUT2D eigenvalue weighted by molar-refractivity contribution is 5.27. The maximum atomic E-state index is 5.14. The number of rotatable bonds is 3. The molecule has 0 spiro atoms. The van der Waals surface area contributed by atoms with Crippen molar-refractivity contribution in [3.63, 3.8) is 0 Å². The predicted octanol–water partition coefficient (Wildman–Crippen LogP) is 3.43. The van der Waals surface area contributed by atoms with Gasteiger partial charge in [0.2, 0.25) is 0 Å². The molecule has 14 heavy (non-hydrogen) atoms. The van der Waals surface area contributed by atoms with Crippen molar-refractivity contribution >= 4 is 0 Å². The zero-order chi connectivity index (χ0) is 9.80. The van der Waals surface area contributed by atoms with Gasteiger partial charge >= 0.3 is 0 Å². The molecular formula is C13H18O. The van der Waals surface area contributed by atoms with Crippen molar-refractivity contribution in [2.24, 2.45) is 5.92 Å². The van der Waals surface area contributed by atoms with Crippen molar-refractivity contribution in [3.8, 4) is 5.75 Å². The first-order chi connectivity index (χ1) is 6.88. The lowest BCUT2D eigenvalue weighted by Gasteiger charge is -2.09. The van der Waals surface area contributed by atoms with Gasteiger partial charge in [0.05, 0.1) is 7.11 Å². The molecule has 0 heterocycles. The molecule has 1 aliphatic carbocycles. The Morgan fingerprint density at radius 2 is 1.79 bits per heavy atom. The van der Waals surface area contributed by atoms with E-state index in [1.165, 1.54) is 37.7 Å². The van der Waals surface area contributed by atoms with E-state index in [1.807, 2.05) is 0 Å². The third-order valence-corrected chi connectivity index (χ3v) is 3.16. The van der Waals surface area contributed by atoms with Gasteiger partial charge in [-0.25, -0.2) is 0 Å². The Balaban J connectivity index is 1.95. The summed E-state index contributed by atoms with van der Waals surface area (Å²) in [5, 5.41) is 0. The molecule has 76 valence electrons. The minimum Gasteiger partial charge on any atom is -0.497 e. The fraction of sp³-hybridized carbons (Fsp3) is 0.538. The van der Waals surface area contributed by atoms with E-state index in [1.54, 1.807) is 7.11 Å². The van der Waals surface area contributed by atoms with E-state index in [-0.39, 0.29) is 0 Å². The summed E-state index contributed by atoms with van der Waals surface area (Å²) in [5.41, 5.74) is 1.46. The van der Waals surface area contributed by atoms with E-state index in [4.69, 9.17) is 4.74 Å². The molecule has 1 heteroatoms. The summed E-state index contributed by atoms with van der Waals surface area (Å²) in [6, 6.07) is 8.50.